The van der Waals surface area contributed by atoms with Crippen LogP contribution in [0.4, 0.5) is 4.39 Å². The Labute approximate surface area is 134 Å². The van der Waals surface area contributed by atoms with Gasteiger partial charge >= 0.3 is 5.97 Å². The summed E-state index contributed by atoms with van der Waals surface area (Å²) in [7, 11) is 0. The van der Waals surface area contributed by atoms with Crippen molar-refractivity contribution in [3.8, 4) is 0 Å². The minimum atomic E-state index is -0.434. The van der Waals surface area contributed by atoms with E-state index in [-0.39, 0.29) is 18.0 Å². The summed E-state index contributed by atoms with van der Waals surface area (Å²) < 4.78 is 26.1. The van der Waals surface area contributed by atoms with Crippen molar-refractivity contribution in [2.75, 3.05) is 32.8 Å². The fourth-order valence-corrected chi connectivity index (χ4v) is 3.74. The Morgan fingerprint density at radius 2 is 2.26 bits per heavy atom. The maximum atomic E-state index is 15.0. The van der Waals surface area contributed by atoms with Crippen LogP contribution in [0.3, 0.4) is 0 Å². The minimum Gasteiger partial charge on any atom is -0.459 e. The molecule has 5 nitrogen and oxygen atoms in total. The van der Waals surface area contributed by atoms with Gasteiger partial charge in [-0.15, -0.1) is 0 Å². The molecule has 0 amide bonds. The number of halogens is 1. The number of morpholine rings is 1. The zero-order valence-electron chi connectivity index (χ0n) is 13.2. The lowest BCUT2D eigenvalue weighted by Gasteiger charge is -2.43. The molecule has 124 valence electrons. The van der Waals surface area contributed by atoms with Crippen molar-refractivity contribution < 1.29 is 18.7 Å². The number of carbonyl (C=O) groups is 1. The molecular weight excluding hydrogens is 299 g/mol. The van der Waals surface area contributed by atoms with E-state index in [0.29, 0.717) is 42.3 Å². The molecule has 0 aliphatic carbocycles. The number of benzene rings is 1. The lowest BCUT2D eigenvalue weighted by Crippen LogP contribution is -2.57. The maximum Gasteiger partial charge on any atom is 0.338 e. The second-order valence-electron chi connectivity index (χ2n) is 6.59. The van der Waals surface area contributed by atoms with Crippen molar-refractivity contribution in [3.05, 3.63) is 34.6 Å². The molecule has 3 heterocycles. The number of carbonyl (C=O) groups excluding carboxylic acids is 1. The summed E-state index contributed by atoms with van der Waals surface area (Å²) in [4.78, 5) is 14.2. The summed E-state index contributed by atoms with van der Waals surface area (Å²) in [5.74, 6) is -0.736. The van der Waals surface area contributed by atoms with E-state index in [0.717, 1.165) is 19.6 Å². The number of nitrogens with zero attached hydrogens (tertiary/aromatic N) is 1. The molecule has 0 aromatic heterocycles. The normalized spacial score (nSPS) is 31.2. The smallest absolute Gasteiger partial charge is 0.338 e. The van der Waals surface area contributed by atoms with Gasteiger partial charge < -0.3 is 14.8 Å². The SMILES string of the molecule is C[C@H]1Cc2c(ccc([C@H]3CN4CCNC[C@H]4CO3)c2F)C(=O)O1. The highest BCUT2D eigenvalue weighted by Gasteiger charge is 2.34. The Morgan fingerprint density at radius 1 is 1.39 bits per heavy atom. The van der Waals surface area contributed by atoms with Gasteiger partial charge in [-0.3, -0.25) is 4.90 Å². The van der Waals surface area contributed by atoms with Crippen LogP contribution in [-0.4, -0.2) is 55.8 Å². The summed E-state index contributed by atoms with van der Waals surface area (Å²) in [6.45, 7) is 5.92. The van der Waals surface area contributed by atoms with Gasteiger partial charge in [0.05, 0.1) is 18.3 Å². The largest absolute Gasteiger partial charge is 0.459 e. The van der Waals surface area contributed by atoms with Gasteiger partial charge in [-0.2, -0.15) is 0 Å². The van der Waals surface area contributed by atoms with Gasteiger partial charge in [-0.1, -0.05) is 6.07 Å². The molecule has 2 saturated heterocycles. The molecule has 4 rings (SSSR count). The Balaban J connectivity index is 1.62. The summed E-state index contributed by atoms with van der Waals surface area (Å²) in [5.41, 5.74) is 1.38. The Bertz CT molecular complexity index is 637. The molecule has 3 aliphatic heterocycles. The van der Waals surface area contributed by atoms with Crippen LogP contribution in [0, 0.1) is 5.82 Å². The number of fused-ring (bicyclic) bond motifs is 2. The first-order valence-corrected chi connectivity index (χ1v) is 8.22. The third-order valence-electron chi connectivity index (χ3n) is 5.00. The minimum absolute atomic E-state index is 0.275. The molecule has 23 heavy (non-hydrogen) atoms. The molecule has 0 saturated carbocycles. The number of piperazine rings is 1. The van der Waals surface area contributed by atoms with E-state index in [9.17, 15) is 9.18 Å². The first-order valence-electron chi connectivity index (χ1n) is 8.22. The number of hydrogen-bond donors (Lipinski definition) is 1. The predicted octanol–water partition coefficient (Wildman–Crippen LogP) is 1.27. The van der Waals surface area contributed by atoms with E-state index < -0.39 is 5.97 Å². The summed E-state index contributed by atoms with van der Waals surface area (Å²) in [6, 6.07) is 3.73. The van der Waals surface area contributed by atoms with Crippen molar-refractivity contribution in [1.29, 1.82) is 0 Å². The van der Waals surface area contributed by atoms with Gasteiger partial charge in [0.25, 0.3) is 0 Å². The van der Waals surface area contributed by atoms with Gasteiger partial charge in [0.1, 0.15) is 11.9 Å². The highest BCUT2D eigenvalue weighted by atomic mass is 19.1. The number of ether oxygens (including phenoxy) is 2. The van der Waals surface area contributed by atoms with Gasteiger partial charge in [-0.25, -0.2) is 9.18 Å². The van der Waals surface area contributed by atoms with Crippen molar-refractivity contribution in [2.24, 2.45) is 0 Å². The summed E-state index contributed by atoms with van der Waals surface area (Å²) >= 11 is 0. The first kappa shape index (κ1) is 15.1. The van der Waals surface area contributed by atoms with Crippen LogP contribution in [0.15, 0.2) is 12.1 Å². The van der Waals surface area contributed by atoms with Crippen LogP contribution >= 0.6 is 0 Å². The average molecular weight is 320 g/mol. The maximum absolute atomic E-state index is 15.0. The molecule has 6 heteroatoms. The Hall–Kier alpha value is -1.50. The Morgan fingerprint density at radius 3 is 3.13 bits per heavy atom. The lowest BCUT2D eigenvalue weighted by molar-refractivity contribution is -0.0730. The quantitative estimate of drug-likeness (QED) is 0.790. The molecule has 0 radical (unpaired) electrons. The van der Waals surface area contributed by atoms with Gasteiger partial charge in [-0.05, 0) is 13.0 Å². The molecule has 3 aliphatic rings. The highest BCUT2D eigenvalue weighted by molar-refractivity contribution is 5.92. The molecule has 0 spiro atoms. The van der Waals surface area contributed by atoms with Crippen LogP contribution in [0.1, 0.15) is 34.5 Å². The van der Waals surface area contributed by atoms with Gasteiger partial charge in [0, 0.05) is 49.8 Å². The Kier molecular flexibility index (Phi) is 3.83. The molecule has 3 atom stereocenters. The monoisotopic (exact) mass is 320 g/mol. The average Bonchev–Trinajstić information content (AvgIpc) is 2.55. The second-order valence-corrected chi connectivity index (χ2v) is 6.59. The van der Waals surface area contributed by atoms with Crippen LogP contribution in [0.2, 0.25) is 0 Å². The van der Waals surface area contributed by atoms with Crippen LogP contribution in [0.25, 0.3) is 0 Å². The first-order chi connectivity index (χ1) is 11.1. The van der Waals surface area contributed by atoms with E-state index in [1.807, 2.05) is 0 Å². The lowest BCUT2D eigenvalue weighted by atomic mass is 9.93. The van der Waals surface area contributed by atoms with E-state index >= 15 is 0 Å². The third-order valence-corrected chi connectivity index (χ3v) is 5.00. The number of hydrogen-bond acceptors (Lipinski definition) is 5. The van der Waals surface area contributed by atoms with Crippen LogP contribution < -0.4 is 5.32 Å². The molecule has 0 unspecified atom stereocenters. The van der Waals surface area contributed by atoms with E-state index in [2.05, 4.69) is 10.2 Å². The molecule has 1 N–H and O–H groups in total. The molecule has 1 aromatic rings. The number of esters is 1. The van der Waals surface area contributed by atoms with E-state index in [1.165, 1.54) is 0 Å². The zero-order valence-corrected chi connectivity index (χ0v) is 13.2. The van der Waals surface area contributed by atoms with Crippen molar-refractivity contribution >= 4 is 5.97 Å². The number of nitrogens with one attached hydrogen (secondary N) is 1. The highest BCUT2D eigenvalue weighted by Crippen LogP contribution is 2.32. The fraction of sp³-hybridized carbons (Fsp3) is 0.588. The predicted molar refractivity (Wildman–Crippen MR) is 81.9 cm³/mol. The van der Waals surface area contributed by atoms with Crippen LogP contribution in [0.5, 0.6) is 0 Å². The second kappa shape index (κ2) is 5.85. The van der Waals surface area contributed by atoms with E-state index in [4.69, 9.17) is 9.47 Å². The molecule has 1 aromatic carbocycles. The fourth-order valence-electron chi connectivity index (χ4n) is 3.74. The molecular formula is C17H21FN2O3. The third kappa shape index (κ3) is 2.65. The summed E-state index contributed by atoms with van der Waals surface area (Å²) in [6.07, 6.45) is -0.142. The molecule has 2 fully saturated rings. The zero-order chi connectivity index (χ0) is 16.0. The van der Waals surface area contributed by atoms with Gasteiger partial charge in [0.15, 0.2) is 0 Å². The topological polar surface area (TPSA) is 50.8 Å². The van der Waals surface area contributed by atoms with Crippen molar-refractivity contribution in [2.45, 2.75) is 31.6 Å². The van der Waals surface area contributed by atoms with Crippen LogP contribution in [-0.2, 0) is 15.9 Å². The molecule has 0 bridgehead atoms. The van der Waals surface area contributed by atoms with Gasteiger partial charge in [0.2, 0.25) is 0 Å². The summed E-state index contributed by atoms with van der Waals surface area (Å²) in [5, 5.41) is 3.35. The number of rotatable bonds is 1. The van der Waals surface area contributed by atoms with Crippen molar-refractivity contribution in [1.82, 2.24) is 10.2 Å². The number of cyclic esters (lactones) is 1. The standard InChI is InChI=1S/C17H21FN2O3/c1-10-6-14-12(17(21)23-10)2-3-13(16(14)18)15-8-20-5-4-19-7-11(20)9-22-15/h2-3,10-11,15,19H,4-9H2,1H3/t10-,11-,15+/m0/s1. The van der Waals surface area contributed by atoms with E-state index in [1.54, 1.807) is 19.1 Å². The van der Waals surface area contributed by atoms with Crippen molar-refractivity contribution in [3.63, 3.8) is 0 Å².